The molecule has 0 bridgehead atoms. The Hall–Kier alpha value is -5.72. The third-order valence-electron chi connectivity index (χ3n) is 9.64. The van der Waals surface area contributed by atoms with Crippen molar-refractivity contribution < 1.29 is 39.6 Å². The third-order valence-corrected chi connectivity index (χ3v) is 10.2. The maximum Gasteiger partial charge on any atom is 0.293 e. The van der Waals surface area contributed by atoms with E-state index in [-0.39, 0.29) is 56.7 Å². The number of nitrogens with one attached hydrogen (secondary N) is 2. The molecule has 2 aliphatic rings. The maximum absolute atomic E-state index is 15.3. The van der Waals surface area contributed by atoms with E-state index in [0.717, 1.165) is 23.0 Å². The lowest BCUT2D eigenvalue weighted by Crippen LogP contribution is -2.38. The van der Waals surface area contributed by atoms with Crippen LogP contribution in [-0.2, 0) is 40.8 Å². The molecule has 0 aliphatic heterocycles. The summed E-state index contributed by atoms with van der Waals surface area (Å²) in [6.45, 7) is -0.937. The molecule has 0 spiro atoms. The molecule has 0 unspecified atom stereocenters. The molecule has 2 N–H and O–H groups in total. The molecule has 8 rings (SSSR count). The summed E-state index contributed by atoms with van der Waals surface area (Å²) in [6.07, 6.45) is -2.61. The zero-order valence-electron chi connectivity index (χ0n) is 28.2. The molecule has 280 valence electrons. The van der Waals surface area contributed by atoms with Gasteiger partial charge in [0, 0.05) is 36.4 Å². The average Bonchev–Trinajstić information content (AvgIpc) is 3.63. The molecule has 1 amide bonds. The van der Waals surface area contributed by atoms with Gasteiger partial charge in [0.25, 0.3) is 17.9 Å². The number of anilines is 1. The number of amides is 1. The minimum Gasteiger partial charge on any atom is -0.344 e. The molecule has 3 aromatic carbocycles. The number of nitrogens with zero attached hydrogens (tertiary/aromatic N) is 6. The summed E-state index contributed by atoms with van der Waals surface area (Å²) < 4.78 is 117. The van der Waals surface area contributed by atoms with E-state index in [2.05, 4.69) is 20.2 Å². The Balaban J connectivity index is 1.29. The van der Waals surface area contributed by atoms with E-state index in [1.807, 2.05) is 0 Å². The normalized spacial score (nSPS) is 17.9. The molecule has 19 heteroatoms. The molecule has 1 fully saturated rings. The SMILES string of the molecule is Cn1nc(NS(C)(=O)=O)c2cccc(-n3c([C@H](Cc4cc(F)cc(F)c4)NC(=O)Cn4nc(C(F)F)c5c4C(F)(F)[C@@H]4C[C@H]54)nc4ccccc4c3=O)c21. The Bertz CT molecular complexity index is 2690. The zero-order valence-corrected chi connectivity index (χ0v) is 29.0. The van der Waals surface area contributed by atoms with Crippen LogP contribution in [0, 0.1) is 17.6 Å². The Morgan fingerprint density at radius 1 is 1.02 bits per heavy atom. The van der Waals surface area contributed by atoms with Crippen LogP contribution in [0.5, 0.6) is 0 Å². The number of sulfonamides is 1. The number of rotatable bonds is 10. The van der Waals surface area contributed by atoms with Crippen molar-refractivity contribution in [3.63, 3.8) is 0 Å². The average molecular weight is 771 g/mol. The van der Waals surface area contributed by atoms with E-state index in [9.17, 15) is 35.6 Å². The van der Waals surface area contributed by atoms with Gasteiger partial charge in [-0.2, -0.15) is 19.0 Å². The van der Waals surface area contributed by atoms with Crippen molar-refractivity contribution >= 4 is 43.6 Å². The van der Waals surface area contributed by atoms with Gasteiger partial charge in [-0.15, -0.1) is 0 Å². The predicted octanol–water partition coefficient (Wildman–Crippen LogP) is 5.37. The van der Waals surface area contributed by atoms with E-state index in [4.69, 9.17) is 4.98 Å². The van der Waals surface area contributed by atoms with Gasteiger partial charge in [0.2, 0.25) is 15.9 Å². The molecule has 3 atom stereocenters. The summed E-state index contributed by atoms with van der Waals surface area (Å²) in [5, 5.41) is 11.1. The van der Waals surface area contributed by atoms with E-state index in [1.54, 1.807) is 18.2 Å². The van der Waals surface area contributed by atoms with Crippen LogP contribution in [0.1, 0.15) is 53.1 Å². The number of hydrogen-bond donors (Lipinski definition) is 2. The predicted molar refractivity (Wildman–Crippen MR) is 183 cm³/mol. The van der Waals surface area contributed by atoms with E-state index < -0.39 is 87.7 Å². The number of fused-ring (bicyclic) bond motifs is 5. The summed E-state index contributed by atoms with van der Waals surface area (Å²) in [7, 11) is -2.30. The fourth-order valence-electron chi connectivity index (χ4n) is 7.49. The number of carbonyl (C=O) groups is 1. The molecule has 3 aromatic heterocycles. The monoisotopic (exact) mass is 770 g/mol. The van der Waals surface area contributed by atoms with Crippen molar-refractivity contribution in [2.75, 3.05) is 11.0 Å². The first kappa shape index (κ1) is 35.3. The van der Waals surface area contributed by atoms with Crippen LogP contribution in [0.15, 0.2) is 65.5 Å². The van der Waals surface area contributed by atoms with Gasteiger partial charge in [0.05, 0.1) is 34.4 Å². The molecule has 54 heavy (non-hydrogen) atoms. The minimum absolute atomic E-state index is 0.0109. The largest absolute Gasteiger partial charge is 0.344 e. The summed E-state index contributed by atoms with van der Waals surface area (Å²) in [5.41, 5.74) is -1.96. The Morgan fingerprint density at radius 2 is 1.72 bits per heavy atom. The Labute approximate surface area is 301 Å². The van der Waals surface area contributed by atoms with Crippen LogP contribution in [0.3, 0.4) is 0 Å². The van der Waals surface area contributed by atoms with Gasteiger partial charge < -0.3 is 5.32 Å². The second-order valence-electron chi connectivity index (χ2n) is 13.4. The van der Waals surface area contributed by atoms with Crippen LogP contribution in [0.2, 0.25) is 0 Å². The first-order chi connectivity index (χ1) is 25.5. The lowest BCUT2D eigenvalue weighted by molar-refractivity contribution is -0.123. The van der Waals surface area contributed by atoms with Gasteiger partial charge in [-0.1, -0.05) is 18.2 Å². The maximum atomic E-state index is 15.3. The smallest absolute Gasteiger partial charge is 0.293 e. The van der Waals surface area contributed by atoms with Crippen LogP contribution < -0.4 is 15.6 Å². The first-order valence-corrected chi connectivity index (χ1v) is 18.4. The van der Waals surface area contributed by atoms with Gasteiger partial charge in [-0.25, -0.2) is 31.0 Å². The van der Waals surface area contributed by atoms with Gasteiger partial charge in [-0.05, 0) is 54.3 Å². The quantitative estimate of drug-likeness (QED) is 0.178. The minimum atomic E-state index is -3.80. The standard InChI is InChI=1S/C35H28F6N8O4S/c1-47-29-20(32(45-47)46-54(2,52)53)7-5-9-25(29)49-33(43-23-8-4-3-6-19(23)34(49)51)24(12-16-10-17(36)13-18(37)11-16)42-26(50)15-48-30-27(28(44-48)31(38)39)21-14-22(21)35(30,40)41/h3-11,13,21-22,24,31H,12,14-15H2,1-2H3,(H,42,50)(H,45,46)/t21-,22+,24-/m0/s1. The molecule has 3 heterocycles. The lowest BCUT2D eigenvalue weighted by atomic mass is 10.0. The molecule has 12 nitrogen and oxygen atoms in total. The number of halogens is 6. The topological polar surface area (TPSA) is 146 Å². The molecule has 2 aliphatic carbocycles. The number of aromatic nitrogens is 6. The zero-order chi connectivity index (χ0) is 38.4. The van der Waals surface area contributed by atoms with Gasteiger partial charge in [0.15, 0.2) is 5.82 Å². The first-order valence-electron chi connectivity index (χ1n) is 16.5. The highest BCUT2D eigenvalue weighted by Crippen LogP contribution is 2.68. The second kappa shape index (κ2) is 12.4. The van der Waals surface area contributed by atoms with Crippen LogP contribution in [-0.4, -0.2) is 49.7 Å². The number of aryl methyl sites for hydroxylation is 1. The molecule has 0 saturated heterocycles. The number of carbonyl (C=O) groups excluding carboxylic acids is 1. The second-order valence-corrected chi connectivity index (χ2v) is 15.2. The summed E-state index contributed by atoms with van der Waals surface area (Å²) in [5.74, 6) is -8.61. The van der Waals surface area contributed by atoms with Crippen molar-refractivity contribution in [3.05, 3.63) is 111 Å². The fraction of sp³-hybridized carbons (Fsp3) is 0.286. The molecular formula is C35H28F6N8O4S. The Kier molecular flexibility index (Phi) is 8.13. The molecule has 1 saturated carbocycles. The van der Waals surface area contributed by atoms with Crippen molar-refractivity contribution in [3.8, 4) is 5.69 Å². The fourth-order valence-corrected chi connectivity index (χ4v) is 7.99. The highest BCUT2D eigenvalue weighted by atomic mass is 32.2. The number of para-hydroxylation sites is 2. The highest BCUT2D eigenvalue weighted by molar-refractivity contribution is 7.92. The van der Waals surface area contributed by atoms with Gasteiger partial charge in [0.1, 0.15) is 35.4 Å². The van der Waals surface area contributed by atoms with Crippen LogP contribution in [0.25, 0.3) is 27.5 Å². The highest BCUT2D eigenvalue weighted by Gasteiger charge is 2.67. The third kappa shape index (κ3) is 5.95. The van der Waals surface area contributed by atoms with Crippen molar-refractivity contribution in [2.24, 2.45) is 13.0 Å². The molecule has 0 radical (unpaired) electrons. The summed E-state index contributed by atoms with van der Waals surface area (Å²) in [6, 6.07) is 12.0. The van der Waals surface area contributed by atoms with Gasteiger partial charge in [-0.3, -0.25) is 28.2 Å². The Morgan fingerprint density at radius 3 is 2.43 bits per heavy atom. The van der Waals surface area contributed by atoms with Crippen molar-refractivity contribution in [2.45, 2.75) is 43.7 Å². The van der Waals surface area contributed by atoms with E-state index >= 15 is 8.78 Å². The number of alkyl halides is 4. The summed E-state index contributed by atoms with van der Waals surface area (Å²) >= 11 is 0. The number of hydrogen-bond acceptors (Lipinski definition) is 7. The summed E-state index contributed by atoms with van der Waals surface area (Å²) in [4.78, 5) is 33.0. The lowest BCUT2D eigenvalue weighted by Gasteiger charge is -2.24. The molecular weight excluding hydrogens is 742 g/mol. The van der Waals surface area contributed by atoms with Crippen molar-refractivity contribution in [1.82, 2.24) is 34.4 Å². The van der Waals surface area contributed by atoms with E-state index in [0.29, 0.717) is 10.7 Å². The molecule has 6 aromatic rings. The van der Waals surface area contributed by atoms with E-state index in [1.165, 1.54) is 36.0 Å². The van der Waals surface area contributed by atoms with Crippen molar-refractivity contribution in [1.29, 1.82) is 0 Å². The van der Waals surface area contributed by atoms with Crippen LogP contribution >= 0.6 is 0 Å². The van der Waals surface area contributed by atoms with Crippen LogP contribution in [0.4, 0.5) is 32.2 Å². The number of benzene rings is 3. The van der Waals surface area contributed by atoms with Gasteiger partial charge >= 0.3 is 0 Å².